The molecule has 0 aliphatic heterocycles. The fraction of sp³-hybridized carbons (Fsp3) is 0.571. The first-order valence-corrected chi connectivity index (χ1v) is 7.02. The lowest BCUT2D eigenvalue weighted by Gasteiger charge is -2.32. The van der Waals surface area contributed by atoms with Crippen molar-refractivity contribution in [2.45, 2.75) is 37.7 Å². The van der Waals surface area contributed by atoms with Crippen molar-refractivity contribution in [1.82, 2.24) is 0 Å². The molecule has 2 bridgehead atoms. The van der Waals surface area contributed by atoms with Crippen LogP contribution in [0.25, 0.3) is 0 Å². The second-order valence-corrected chi connectivity index (χ2v) is 6.46. The van der Waals surface area contributed by atoms with Crippen LogP contribution in [0.1, 0.15) is 31.2 Å². The van der Waals surface area contributed by atoms with Crippen LogP contribution in [0.4, 0.5) is 4.39 Å². The van der Waals surface area contributed by atoms with E-state index >= 15 is 0 Å². The number of benzene rings is 1. The zero-order valence-electron chi connectivity index (χ0n) is 9.63. The minimum Gasteiger partial charge on any atom is -0.389 e. The number of halogens is 2. The van der Waals surface area contributed by atoms with Gasteiger partial charge in [-0.05, 0) is 71.1 Å². The van der Waals surface area contributed by atoms with Crippen LogP contribution < -0.4 is 0 Å². The van der Waals surface area contributed by atoms with E-state index in [4.69, 9.17) is 0 Å². The van der Waals surface area contributed by atoms with Crippen molar-refractivity contribution in [1.29, 1.82) is 0 Å². The van der Waals surface area contributed by atoms with E-state index in [0.29, 0.717) is 22.7 Å². The first-order chi connectivity index (χ1) is 8.07. The third-order valence-corrected chi connectivity index (χ3v) is 5.05. The predicted molar refractivity (Wildman–Crippen MR) is 68.2 cm³/mol. The minimum absolute atomic E-state index is 0.242. The molecule has 2 aliphatic rings. The normalized spacial score (nSPS) is 35.5. The lowest BCUT2D eigenvalue weighted by atomic mass is 9.80. The summed E-state index contributed by atoms with van der Waals surface area (Å²) in [6.45, 7) is 0. The van der Waals surface area contributed by atoms with Gasteiger partial charge < -0.3 is 5.11 Å². The van der Waals surface area contributed by atoms with Crippen molar-refractivity contribution >= 4 is 15.9 Å². The van der Waals surface area contributed by atoms with Gasteiger partial charge in [0.1, 0.15) is 5.82 Å². The summed E-state index contributed by atoms with van der Waals surface area (Å²) in [6, 6.07) is 5.04. The Kier molecular flexibility index (Phi) is 2.79. The molecule has 0 heterocycles. The Hall–Kier alpha value is -0.410. The molecule has 3 atom stereocenters. The molecule has 1 aromatic carbocycles. The topological polar surface area (TPSA) is 20.2 Å². The Bertz CT molecular complexity index is 448. The van der Waals surface area contributed by atoms with Crippen LogP contribution in [0.3, 0.4) is 0 Å². The number of hydrogen-bond donors (Lipinski definition) is 1. The maximum atomic E-state index is 13.1. The van der Waals surface area contributed by atoms with Gasteiger partial charge in [-0.3, -0.25) is 0 Å². The van der Waals surface area contributed by atoms with Crippen LogP contribution in [-0.2, 0) is 6.42 Å². The highest BCUT2D eigenvalue weighted by Crippen LogP contribution is 2.51. The molecule has 2 aliphatic carbocycles. The smallest absolute Gasteiger partial charge is 0.137 e. The van der Waals surface area contributed by atoms with Gasteiger partial charge in [0.05, 0.1) is 10.1 Å². The van der Waals surface area contributed by atoms with Crippen molar-refractivity contribution in [3.05, 3.63) is 34.1 Å². The summed E-state index contributed by atoms with van der Waals surface area (Å²) in [6.07, 6.45) is 5.20. The van der Waals surface area contributed by atoms with Crippen molar-refractivity contribution in [3.8, 4) is 0 Å². The molecule has 17 heavy (non-hydrogen) atoms. The van der Waals surface area contributed by atoms with E-state index in [2.05, 4.69) is 15.9 Å². The Balaban J connectivity index is 1.80. The van der Waals surface area contributed by atoms with Gasteiger partial charge >= 0.3 is 0 Å². The molecule has 1 N–H and O–H groups in total. The Labute approximate surface area is 109 Å². The van der Waals surface area contributed by atoms with Gasteiger partial charge in [0.25, 0.3) is 0 Å². The van der Waals surface area contributed by atoms with E-state index in [-0.39, 0.29) is 5.82 Å². The quantitative estimate of drug-likeness (QED) is 0.883. The van der Waals surface area contributed by atoms with Crippen molar-refractivity contribution < 1.29 is 9.50 Å². The van der Waals surface area contributed by atoms with Crippen LogP contribution in [0.5, 0.6) is 0 Å². The van der Waals surface area contributed by atoms with E-state index in [1.165, 1.54) is 18.9 Å². The van der Waals surface area contributed by atoms with E-state index < -0.39 is 5.60 Å². The molecule has 0 aromatic heterocycles. The van der Waals surface area contributed by atoms with Crippen LogP contribution in [0.2, 0.25) is 0 Å². The third-order valence-electron chi connectivity index (χ3n) is 4.44. The lowest BCUT2D eigenvalue weighted by molar-refractivity contribution is -0.0125. The number of rotatable bonds is 2. The molecule has 2 saturated carbocycles. The van der Waals surface area contributed by atoms with Gasteiger partial charge in [-0.15, -0.1) is 0 Å². The summed E-state index contributed by atoms with van der Waals surface area (Å²) in [7, 11) is 0. The largest absolute Gasteiger partial charge is 0.389 e. The lowest BCUT2D eigenvalue weighted by Crippen LogP contribution is -2.37. The zero-order chi connectivity index (χ0) is 12.0. The Morgan fingerprint density at radius 1 is 1.41 bits per heavy atom. The summed E-state index contributed by atoms with van der Waals surface area (Å²) < 4.78 is 13.6. The van der Waals surface area contributed by atoms with Gasteiger partial charge in [-0.2, -0.15) is 0 Å². The fourth-order valence-electron chi connectivity index (χ4n) is 3.63. The second-order valence-electron chi connectivity index (χ2n) is 5.61. The summed E-state index contributed by atoms with van der Waals surface area (Å²) in [5.41, 5.74) is 0.480. The maximum absolute atomic E-state index is 13.1. The molecule has 3 heteroatoms. The predicted octanol–water partition coefficient (Wildman–Crippen LogP) is 3.68. The van der Waals surface area contributed by atoms with Gasteiger partial charge in [0.2, 0.25) is 0 Å². The summed E-state index contributed by atoms with van der Waals surface area (Å²) in [5.74, 6) is 0.930. The molecule has 3 rings (SSSR count). The molecular weight excluding hydrogens is 283 g/mol. The standard InChI is InChI=1S/C14H16BrFO/c15-12-6-10(2-4-13(12)16)8-14(17)7-9-1-3-11(14)5-9/h2,4,6,9,11,17H,1,3,5,7-8H2. The molecule has 1 nitrogen and oxygen atoms in total. The SMILES string of the molecule is OC1(Cc2ccc(F)c(Br)c2)CC2CCC1C2. The molecule has 92 valence electrons. The van der Waals surface area contributed by atoms with Crippen molar-refractivity contribution in [2.24, 2.45) is 11.8 Å². The minimum atomic E-state index is -0.541. The Morgan fingerprint density at radius 2 is 2.24 bits per heavy atom. The van der Waals surface area contributed by atoms with Gasteiger partial charge in [0.15, 0.2) is 0 Å². The van der Waals surface area contributed by atoms with E-state index in [1.807, 2.05) is 0 Å². The maximum Gasteiger partial charge on any atom is 0.137 e. The molecule has 3 unspecified atom stereocenters. The van der Waals surface area contributed by atoms with Crippen LogP contribution in [0, 0.1) is 17.7 Å². The number of fused-ring (bicyclic) bond motifs is 2. The zero-order valence-corrected chi connectivity index (χ0v) is 11.2. The summed E-state index contributed by atoms with van der Waals surface area (Å²) >= 11 is 3.20. The second kappa shape index (κ2) is 4.06. The highest BCUT2D eigenvalue weighted by Gasteiger charge is 2.49. The molecule has 0 radical (unpaired) electrons. The average molecular weight is 299 g/mol. The number of aliphatic hydroxyl groups is 1. The molecular formula is C14H16BrFO. The molecule has 1 aromatic rings. The third kappa shape index (κ3) is 2.04. The average Bonchev–Trinajstić information content (AvgIpc) is 2.83. The summed E-state index contributed by atoms with van der Waals surface area (Å²) in [4.78, 5) is 0. The molecule has 0 amide bonds. The highest BCUT2D eigenvalue weighted by atomic mass is 79.9. The molecule has 2 fully saturated rings. The van der Waals surface area contributed by atoms with Gasteiger partial charge in [-0.1, -0.05) is 6.07 Å². The molecule has 0 spiro atoms. The monoisotopic (exact) mass is 298 g/mol. The van der Waals surface area contributed by atoms with Crippen LogP contribution in [-0.4, -0.2) is 10.7 Å². The fourth-order valence-corrected chi connectivity index (χ4v) is 4.06. The number of hydrogen-bond acceptors (Lipinski definition) is 1. The highest BCUT2D eigenvalue weighted by molar-refractivity contribution is 9.10. The van der Waals surface area contributed by atoms with Crippen molar-refractivity contribution in [2.75, 3.05) is 0 Å². The Morgan fingerprint density at radius 3 is 2.82 bits per heavy atom. The van der Waals surface area contributed by atoms with Crippen LogP contribution in [0.15, 0.2) is 22.7 Å². The molecule has 0 saturated heterocycles. The van der Waals surface area contributed by atoms with E-state index in [1.54, 1.807) is 12.1 Å². The van der Waals surface area contributed by atoms with E-state index in [9.17, 15) is 9.50 Å². The van der Waals surface area contributed by atoms with Crippen LogP contribution >= 0.6 is 15.9 Å². The first-order valence-electron chi connectivity index (χ1n) is 6.23. The van der Waals surface area contributed by atoms with Gasteiger partial charge in [-0.25, -0.2) is 4.39 Å². The first kappa shape index (κ1) is 11.7. The van der Waals surface area contributed by atoms with E-state index in [0.717, 1.165) is 18.4 Å². The van der Waals surface area contributed by atoms with Gasteiger partial charge in [0, 0.05) is 6.42 Å². The summed E-state index contributed by atoms with van der Waals surface area (Å²) in [5, 5.41) is 10.7. The van der Waals surface area contributed by atoms with Crippen molar-refractivity contribution in [3.63, 3.8) is 0 Å².